The van der Waals surface area contributed by atoms with Crippen molar-refractivity contribution in [1.82, 2.24) is 0 Å². The molecule has 2 atom stereocenters. The summed E-state index contributed by atoms with van der Waals surface area (Å²) in [6, 6.07) is -2.63. The first-order valence-electron chi connectivity index (χ1n) is 4.44. The Morgan fingerprint density at radius 3 is 1.78 bits per heavy atom. The molecule has 0 rings (SSSR count). The van der Waals surface area contributed by atoms with E-state index < -0.39 is 41.5 Å². The van der Waals surface area contributed by atoms with Gasteiger partial charge in [0.2, 0.25) is 6.04 Å². The lowest BCUT2D eigenvalue weighted by Crippen LogP contribution is -2.61. The molecule has 0 bridgehead atoms. The Morgan fingerprint density at radius 1 is 1.17 bits per heavy atom. The molecular weight excluding hydrogens is 279 g/mol. The van der Waals surface area contributed by atoms with E-state index in [1.54, 1.807) is 0 Å². The van der Waals surface area contributed by atoms with Gasteiger partial charge in [-0.1, -0.05) is 6.92 Å². The minimum absolute atomic E-state index is 0.836. The van der Waals surface area contributed by atoms with E-state index in [2.05, 4.69) is 0 Å². The van der Waals surface area contributed by atoms with E-state index in [1.165, 1.54) is 0 Å². The molecular formula is C7H8F7NO3. The van der Waals surface area contributed by atoms with Crippen LogP contribution in [-0.2, 0) is 0 Å². The molecule has 18 heavy (non-hydrogen) atoms. The third-order valence-corrected chi connectivity index (χ3v) is 2.20. The fourth-order valence-corrected chi connectivity index (χ4v) is 1.10. The first-order valence-corrected chi connectivity index (χ1v) is 4.44. The van der Waals surface area contributed by atoms with Gasteiger partial charge >= 0.3 is 18.0 Å². The summed E-state index contributed by atoms with van der Waals surface area (Å²) in [5, 5.41) is 18.9. The second kappa shape index (κ2) is 4.86. The highest BCUT2D eigenvalue weighted by atomic mass is 19.4. The highest BCUT2D eigenvalue weighted by Crippen LogP contribution is 2.48. The molecule has 2 unspecified atom stereocenters. The summed E-state index contributed by atoms with van der Waals surface area (Å²) < 4.78 is 85.9. The molecule has 4 nitrogen and oxygen atoms in total. The number of nitrogens with zero attached hydrogens (tertiary/aromatic N) is 1. The van der Waals surface area contributed by atoms with Gasteiger partial charge in [-0.15, -0.1) is 0 Å². The van der Waals surface area contributed by atoms with Crippen LogP contribution < -0.4 is 0 Å². The molecule has 0 amide bonds. The zero-order valence-corrected chi connectivity index (χ0v) is 8.72. The normalized spacial score (nSPS) is 17.4. The highest BCUT2D eigenvalue weighted by molar-refractivity contribution is 4.98. The van der Waals surface area contributed by atoms with Crippen LogP contribution in [0.5, 0.6) is 0 Å². The highest BCUT2D eigenvalue weighted by Gasteiger charge is 2.77. The summed E-state index contributed by atoms with van der Waals surface area (Å²) in [7, 11) is 0. The molecule has 0 aromatic heterocycles. The zero-order valence-electron chi connectivity index (χ0n) is 8.72. The average molecular weight is 287 g/mol. The fourth-order valence-electron chi connectivity index (χ4n) is 1.10. The smallest absolute Gasteiger partial charge is 0.380 e. The van der Waals surface area contributed by atoms with Crippen LogP contribution in [0.3, 0.4) is 0 Å². The summed E-state index contributed by atoms with van der Waals surface area (Å²) in [6.07, 6.45) is -11.2. The molecule has 11 heteroatoms. The Hall–Kier alpha value is -1.13. The third kappa shape index (κ3) is 2.65. The van der Waals surface area contributed by atoms with Gasteiger partial charge in [-0.3, -0.25) is 10.1 Å². The van der Waals surface area contributed by atoms with Crippen LogP contribution >= 0.6 is 0 Å². The molecule has 0 spiro atoms. The van der Waals surface area contributed by atoms with Crippen molar-refractivity contribution in [2.45, 2.75) is 43.5 Å². The van der Waals surface area contributed by atoms with Crippen molar-refractivity contribution in [3.63, 3.8) is 0 Å². The number of hydrogen-bond donors (Lipinski definition) is 1. The molecule has 0 aliphatic heterocycles. The number of halogens is 7. The molecule has 0 radical (unpaired) electrons. The van der Waals surface area contributed by atoms with Gasteiger partial charge in [0.1, 0.15) is 0 Å². The number of nitro groups is 1. The van der Waals surface area contributed by atoms with Crippen molar-refractivity contribution in [2.75, 3.05) is 0 Å². The number of rotatable bonds is 5. The molecule has 1 N–H and O–H groups in total. The largest absolute Gasteiger partial charge is 0.459 e. The number of alkyl halides is 7. The average Bonchev–Trinajstić information content (AvgIpc) is 2.15. The molecule has 0 fully saturated rings. The Kier molecular flexibility index (Phi) is 4.56. The molecule has 0 saturated carbocycles. The standard InChI is InChI=1S/C7H8F7NO3/c1-2-3(15(17)18)4(16)5(8,9)6(10,11)7(12,13)14/h3-4,16H,2H2,1H3. The predicted molar refractivity (Wildman–Crippen MR) is 43.0 cm³/mol. The molecule has 0 aliphatic rings. The van der Waals surface area contributed by atoms with Crippen LogP contribution in [0.25, 0.3) is 0 Å². The summed E-state index contributed by atoms with van der Waals surface area (Å²) in [5.74, 6) is -12.6. The van der Waals surface area contributed by atoms with Gasteiger partial charge in [-0.05, 0) is 0 Å². The van der Waals surface area contributed by atoms with Crippen LogP contribution in [0.1, 0.15) is 13.3 Å². The van der Waals surface area contributed by atoms with Crippen molar-refractivity contribution in [2.24, 2.45) is 0 Å². The summed E-state index contributed by atoms with van der Waals surface area (Å²) in [4.78, 5) is 8.64. The number of hydrogen-bond acceptors (Lipinski definition) is 3. The van der Waals surface area contributed by atoms with E-state index in [0.717, 1.165) is 6.92 Å². The van der Waals surface area contributed by atoms with Crippen LogP contribution in [-0.4, -0.2) is 40.2 Å². The summed E-state index contributed by atoms with van der Waals surface area (Å²) >= 11 is 0. The molecule has 0 heterocycles. The Bertz CT molecular complexity index is 317. The number of aliphatic hydroxyl groups is 1. The molecule has 0 aliphatic carbocycles. The van der Waals surface area contributed by atoms with Crippen molar-refractivity contribution >= 4 is 0 Å². The van der Waals surface area contributed by atoms with Crippen molar-refractivity contribution < 1.29 is 40.8 Å². The van der Waals surface area contributed by atoms with Gasteiger partial charge in [0, 0.05) is 11.3 Å². The van der Waals surface area contributed by atoms with Gasteiger partial charge in [-0.2, -0.15) is 30.7 Å². The summed E-state index contributed by atoms with van der Waals surface area (Å²) in [5.41, 5.74) is 0. The first kappa shape index (κ1) is 16.9. The maximum absolute atomic E-state index is 12.9. The monoisotopic (exact) mass is 287 g/mol. The van der Waals surface area contributed by atoms with Gasteiger partial charge in [-0.25, -0.2) is 0 Å². The van der Waals surface area contributed by atoms with Crippen molar-refractivity contribution in [1.29, 1.82) is 0 Å². The third-order valence-electron chi connectivity index (χ3n) is 2.20. The topological polar surface area (TPSA) is 63.4 Å². The van der Waals surface area contributed by atoms with E-state index in [0.29, 0.717) is 0 Å². The maximum atomic E-state index is 12.9. The van der Waals surface area contributed by atoms with Gasteiger partial charge in [0.05, 0.1) is 0 Å². The second-order valence-electron chi connectivity index (χ2n) is 3.40. The van der Waals surface area contributed by atoms with Crippen LogP contribution in [0.2, 0.25) is 0 Å². The van der Waals surface area contributed by atoms with Crippen molar-refractivity contribution in [3.8, 4) is 0 Å². The zero-order chi connectivity index (χ0) is 14.9. The van der Waals surface area contributed by atoms with Crippen LogP contribution in [0, 0.1) is 10.1 Å². The number of aliphatic hydroxyl groups excluding tert-OH is 1. The Labute approximate surface area is 95.5 Å². The Balaban J connectivity index is 5.44. The minimum atomic E-state index is -6.63. The molecule has 108 valence electrons. The quantitative estimate of drug-likeness (QED) is 0.479. The van der Waals surface area contributed by atoms with E-state index >= 15 is 0 Å². The van der Waals surface area contributed by atoms with Gasteiger partial charge < -0.3 is 5.11 Å². The second-order valence-corrected chi connectivity index (χ2v) is 3.40. The van der Waals surface area contributed by atoms with Crippen LogP contribution in [0.15, 0.2) is 0 Å². The van der Waals surface area contributed by atoms with E-state index in [-0.39, 0.29) is 0 Å². The lowest BCUT2D eigenvalue weighted by Gasteiger charge is -2.32. The lowest BCUT2D eigenvalue weighted by atomic mass is 9.97. The Morgan fingerprint density at radius 2 is 1.56 bits per heavy atom. The fraction of sp³-hybridized carbons (Fsp3) is 1.00. The van der Waals surface area contributed by atoms with Gasteiger partial charge in [0.25, 0.3) is 0 Å². The first-order chi connectivity index (χ1) is 7.80. The van der Waals surface area contributed by atoms with E-state index in [1.807, 2.05) is 0 Å². The van der Waals surface area contributed by atoms with E-state index in [4.69, 9.17) is 5.11 Å². The minimum Gasteiger partial charge on any atom is -0.380 e. The van der Waals surface area contributed by atoms with Crippen LogP contribution in [0.4, 0.5) is 30.7 Å². The summed E-state index contributed by atoms with van der Waals surface area (Å²) in [6.45, 7) is 0.887. The van der Waals surface area contributed by atoms with Crippen molar-refractivity contribution in [3.05, 3.63) is 10.1 Å². The molecule has 0 aromatic rings. The predicted octanol–water partition coefficient (Wildman–Crippen LogP) is 2.24. The lowest BCUT2D eigenvalue weighted by molar-refractivity contribution is -0.546. The molecule has 0 aromatic carbocycles. The van der Waals surface area contributed by atoms with Gasteiger partial charge in [0.15, 0.2) is 6.10 Å². The molecule has 0 saturated heterocycles. The SMILES string of the molecule is CCC(C(O)C(F)(F)C(F)(F)C(F)(F)F)[N+](=O)[O-]. The van der Waals surface area contributed by atoms with E-state index in [9.17, 15) is 40.8 Å². The maximum Gasteiger partial charge on any atom is 0.459 e.